The second kappa shape index (κ2) is 11.6. The maximum absolute atomic E-state index is 7.37. The number of ether oxygens (including phenoxy) is 6. The minimum Gasteiger partial charge on any atom is -0.343 e. The van der Waals surface area contributed by atoms with Gasteiger partial charge in [0.15, 0.2) is 23.1 Å². The summed E-state index contributed by atoms with van der Waals surface area (Å²) in [5, 5.41) is 0. The van der Waals surface area contributed by atoms with Crippen LogP contribution in [0, 0.1) is 0 Å². The minimum atomic E-state index is -0.773. The van der Waals surface area contributed by atoms with Crippen LogP contribution >= 0.6 is 18.5 Å². The van der Waals surface area contributed by atoms with E-state index in [-0.39, 0.29) is 10.8 Å². The fourth-order valence-electron chi connectivity index (χ4n) is 14.4. The molecule has 8 heteroatoms. The molecule has 8 fully saturated rings. The Bertz CT molecular complexity index is 1860. The summed E-state index contributed by atoms with van der Waals surface area (Å²) in [5.41, 5.74) is 3.13. The van der Waals surface area contributed by atoms with Crippen LogP contribution in [-0.2, 0) is 50.1 Å². The first-order valence-corrected chi connectivity index (χ1v) is 22.4. The van der Waals surface area contributed by atoms with E-state index in [2.05, 4.69) is 174 Å². The normalized spacial score (nSPS) is 45.1. The Hall–Kier alpha value is -1.72. The highest BCUT2D eigenvalue weighted by atomic mass is 31.0. The molecule has 8 saturated heterocycles. The highest BCUT2D eigenvalue weighted by Gasteiger charge is 2.81. The van der Waals surface area contributed by atoms with E-state index in [0.717, 1.165) is 12.3 Å². The van der Waals surface area contributed by atoms with Gasteiger partial charge in [-0.2, -0.15) is 0 Å². The minimum absolute atomic E-state index is 0.373. The monoisotopic (exact) mass is 798 g/mol. The first-order valence-electron chi connectivity index (χ1n) is 20.8. The van der Waals surface area contributed by atoms with Crippen LogP contribution in [0.15, 0.2) is 72.8 Å². The molecule has 6 nitrogen and oxygen atoms in total. The third kappa shape index (κ3) is 4.85. The summed E-state index contributed by atoms with van der Waals surface area (Å²) in [4.78, 5) is 0. The van der Waals surface area contributed by atoms with Gasteiger partial charge in [0.2, 0.25) is 0 Å². The standard InChI is InChI=1S/C48H64O6P2/c1-37(2,31-19-15-13-16-20-31)33-23-35(47(29-55)39(5)25-43(9)50-40(47,6)26-44(10,49-39)53-43)36(24-34(33)38(3,4)32-21-17-14-18-22-32)48(30-56)41(7)27-45(11)52-42(48,8)28-46(12,51-41)54-45/h13-24H,25-30,55-56H2,1-12H3. The molecule has 8 bridgehead atoms. The Kier molecular flexibility index (Phi) is 8.19. The Morgan fingerprint density at radius 2 is 0.714 bits per heavy atom. The van der Waals surface area contributed by atoms with E-state index in [1.165, 1.54) is 33.4 Å². The average Bonchev–Trinajstić information content (AvgIpc) is 3.05. The van der Waals surface area contributed by atoms with Gasteiger partial charge in [0.05, 0.1) is 33.2 Å². The summed E-state index contributed by atoms with van der Waals surface area (Å²) in [6.07, 6.45) is 3.87. The van der Waals surface area contributed by atoms with Crippen molar-refractivity contribution in [3.63, 3.8) is 0 Å². The molecule has 8 aliphatic rings. The van der Waals surface area contributed by atoms with Crippen molar-refractivity contribution in [1.29, 1.82) is 0 Å². The summed E-state index contributed by atoms with van der Waals surface area (Å²) in [5.74, 6) is -3.09. The van der Waals surface area contributed by atoms with Gasteiger partial charge in [-0.3, -0.25) is 0 Å². The second-order valence-corrected chi connectivity index (χ2v) is 21.7. The van der Waals surface area contributed by atoms with Crippen molar-refractivity contribution in [3.8, 4) is 0 Å². The molecule has 3 aromatic rings. The van der Waals surface area contributed by atoms with Gasteiger partial charge in [0.1, 0.15) is 0 Å². The van der Waals surface area contributed by atoms with Crippen molar-refractivity contribution in [1.82, 2.24) is 0 Å². The molecule has 0 amide bonds. The van der Waals surface area contributed by atoms with Crippen LogP contribution in [0.1, 0.15) is 142 Å². The van der Waals surface area contributed by atoms with Crippen molar-refractivity contribution in [3.05, 3.63) is 106 Å². The van der Waals surface area contributed by atoms with Gasteiger partial charge >= 0.3 is 0 Å². The lowest BCUT2D eigenvalue weighted by atomic mass is 9.46. The van der Waals surface area contributed by atoms with E-state index in [1.807, 2.05) is 0 Å². The molecule has 302 valence electrons. The third-order valence-electron chi connectivity index (χ3n) is 15.9. The van der Waals surface area contributed by atoms with Crippen molar-refractivity contribution >= 4 is 18.5 Å². The zero-order valence-electron chi connectivity index (χ0n) is 35.8. The Morgan fingerprint density at radius 3 is 0.964 bits per heavy atom. The SMILES string of the molecule is CC12CC3(C)OC(C)(CC(C)(O1)C3(CP)c1cc(C(C)(C)c3ccccc3)c(C(C)(C)c3ccccc3)cc1C1(CP)C3(C)CC4(C)OC(C)(CC1(C)O4)O3)O2. The van der Waals surface area contributed by atoms with E-state index < -0.39 is 56.4 Å². The predicted octanol–water partition coefficient (Wildman–Crippen LogP) is 10.2. The van der Waals surface area contributed by atoms with E-state index >= 15 is 0 Å². The van der Waals surface area contributed by atoms with Gasteiger partial charge in [-0.25, -0.2) is 0 Å². The van der Waals surface area contributed by atoms with Gasteiger partial charge < -0.3 is 28.4 Å². The number of benzene rings is 3. The highest BCUT2D eigenvalue weighted by Crippen LogP contribution is 2.73. The van der Waals surface area contributed by atoms with Crippen LogP contribution < -0.4 is 0 Å². The van der Waals surface area contributed by atoms with E-state index in [4.69, 9.17) is 28.4 Å². The van der Waals surface area contributed by atoms with Crippen molar-refractivity contribution < 1.29 is 28.4 Å². The van der Waals surface area contributed by atoms with Crippen molar-refractivity contribution in [2.24, 2.45) is 0 Å². The summed E-state index contributed by atoms with van der Waals surface area (Å²) in [7, 11) is 6.38. The fraction of sp³-hybridized carbons (Fsp3) is 0.625. The first kappa shape index (κ1) is 39.7. The van der Waals surface area contributed by atoms with Crippen molar-refractivity contribution in [2.75, 3.05) is 12.3 Å². The largest absolute Gasteiger partial charge is 0.343 e. The zero-order chi connectivity index (χ0) is 40.4. The molecule has 0 radical (unpaired) electrons. The number of hydrogen-bond acceptors (Lipinski definition) is 6. The highest BCUT2D eigenvalue weighted by molar-refractivity contribution is 7.16. The fourth-order valence-corrected chi connectivity index (χ4v) is 16.6. The Balaban J connectivity index is 1.45. The molecule has 11 rings (SSSR count). The summed E-state index contributed by atoms with van der Waals surface area (Å²) < 4.78 is 42.8. The van der Waals surface area contributed by atoms with Crippen LogP contribution in [0.3, 0.4) is 0 Å². The third-order valence-corrected chi connectivity index (χ3v) is 17.1. The molecule has 56 heavy (non-hydrogen) atoms. The lowest BCUT2D eigenvalue weighted by molar-refractivity contribution is -0.534. The Labute approximate surface area is 340 Å². The molecule has 3 aromatic carbocycles. The van der Waals surface area contributed by atoms with Crippen LogP contribution in [0.2, 0.25) is 0 Å². The molecule has 0 spiro atoms. The number of hydrogen-bond donors (Lipinski definition) is 0. The average molecular weight is 799 g/mol. The van der Waals surface area contributed by atoms with Crippen LogP contribution in [0.5, 0.6) is 0 Å². The van der Waals surface area contributed by atoms with Gasteiger partial charge in [-0.15, -0.1) is 18.5 Å². The zero-order valence-corrected chi connectivity index (χ0v) is 38.1. The topological polar surface area (TPSA) is 55.4 Å². The molecule has 8 aliphatic heterocycles. The maximum Gasteiger partial charge on any atom is 0.172 e. The van der Waals surface area contributed by atoms with Crippen LogP contribution in [-0.4, -0.2) is 57.9 Å². The molecule has 0 aliphatic carbocycles. The Morgan fingerprint density at radius 1 is 0.446 bits per heavy atom. The maximum atomic E-state index is 7.37. The van der Waals surface area contributed by atoms with E-state index in [9.17, 15) is 0 Å². The first-order chi connectivity index (χ1) is 25.9. The smallest absolute Gasteiger partial charge is 0.172 e. The predicted molar refractivity (Wildman–Crippen MR) is 228 cm³/mol. The molecule has 0 saturated carbocycles. The lowest BCUT2D eigenvalue weighted by Crippen LogP contribution is -2.85. The van der Waals surface area contributed by atoms with E-state index in [1.54, 1.807) is 0 Å². The molecular formula is C48H64O6P2. The molecule has 0 N–H and O–H groups in total. The molecule has 10 atom stereocenters. The van der Waals surface area contributed by atoms with Gasteiger partial charge in [-0.05, 0) is 101 Å². The molecule has 10 unspecified atom stereocenters. The second-order valence-electron chi connectivity index (χ2n) is 20.9. The van der Waals surface area contributed by atoms with Gasteiger partial charge in [0.25, 0.3) is 0 Å². The summed E-state index contributed by atoms with van der Waals surface area (Å²) in [6.45, 7) is 27.4. The summed E-state index contributed by atoms with van der Waals surface area (Å²) in [6, 6.07) is 27.2. The molecule has 8 heterocycles. The van der Waals surface area contributed by atoms with Gasteiger partial charge in [-0.1, -0.05) is 100 Å². The number of rotatable bonds is 8. The molecular weight excluding hydrogens is 734 g/mol. The summed E-state index contributed by atoms with van der Waals surface area (Å²) >= 11 is 0. The van der Waals surface area contributed by atoms with Crippen LogP contribution in [0.4, 0.5) is 0 Å². The quantitative estimate of drug-likeness (QED) is 0.212. The van der Waals surface area contributed by atoms with Gasteiger partial charge in [0, 0.05) is 36.5 Å². The van der Waals surface area contributed by atoms with Crippen molar-refractivity contribution in [2.45, 2.75) is 176 Å². The molecule has 0 aromatic heterocycles. The van der Waals surface area contributed by atoms with E-state index in [0.29, 0.717) is 25.7 Å². The lowest BCUT2D eigenvalue weighted by Gasteiger charge is -2.77. The van der Waals surface area contributed by atoms with Crippen LogP contribution in [0.25, 0.3) is 0 Å².